The molecule has 0 rings (SSSR count). The predicted molar refractivity (Wildman–Crippen MR) is 36.9 cm³/mol. The normalized spacial score (nSPS) is 12.3. The second-order valence-electron chi connectivity index (χ2n) is 1.93. The van der Waals surface area contributed by atoms with E-state index in [9.17, 15) is 4.79 Å². The van der Waals surface area contributed by atoms with E-state index in [0.29, 0.717) is 0 Å². The number of hydrogen-bond acceptors (Lipinski definition) is 3. The van der Waals surface area contributed by atoms with Crippen molar-refractivity contribution in [2.75, 3.05) is 0 Å². The van der Waals surface area contributed by atoms with Crippen LogP contribution in [0.15, 0.2) is 12.2 Å². The van der Waals surface area contributed by atoms with Crippen molar-refractivity contribution in [3.8, 4) is 0 Å². The minimum absolute atomic E-state index is 0.152. The molecule has 3 nitrogen and oxygen atoms in total. The topological polar surface area (TPSA) is 46.5 Å². The van der Waals surface area contributed by atoms with Crippen LogP contribution in [0.25, 0.3) is 0 Å². The molecule has 1 N–H and O–H groups in total. The average molecular weight is 143 g/mol. The molecule has 1 atom stereocenters. The number of carbonyl (C=O) groups is 1. The van der Waals surface area contributed by atoms with Gasteiger partial charge in [0.15, 0.2) is 0 Å². The zero-order valence-electron chi connectivity index (χ0n) is 5.96. The SMILES string of the molecule is [CH2]CC(O)OC(=O)C(=C)C. The fraction of sp³-hybridized carbons (Fsp3) is 0.429. The van der Waals surface area contributed by atoms with Gasteiger partial charge in [0.1, 0.15) is 0 Å². The van der Waals surface area contributed by atoms with Gasteiger partial charge in [0.25, 0.3) is 0 Å². The van der Waals surface area contributed by atoms with Crippen molar-refractivity contribution in [3.63, 3.8) is 0 Å². The van der Waals surface area contributed by atoms with Crippen LogP contribution in [0.4, 0.5) is 0 Å². The fourth-order valence-electron chi connectivity index (χ4n) is 0.283. The Morgan fingerprint density at radius 1 is 1.80 bits per heavy atom. The van der Waals surface area contributed by atoms with Gasteiger partial charge in [-0.05, 0) is 13.8 Å². The molecule has 0 amide bonds. The lowest BCUT2D eigenvalue weighted by molar-refractivity contribution is -0.162. The summed E-state index contributed by atoms with van der Waals surface area (Å²) >= 11 is 0. The van der Waals surface area contributed by atoms with E-state index in [2.05, 4.69) is 18.2 Å². The summed E-state index contributed by atoms with van der Waals surface area (Å²) in [6.45, 7) is 8.19. The lowest BCUT2D eigenvalue weighted by Crippen LogP contribution is -2.16. The number of ether oxygens (including phenoxy) is 1. The molecule has 0 spiro atoms. The van der Waals surface area contributed by atoms with Gasteiger partial charge in [-0.3, -0.25) is 0 Å². The third-order valence-electron chi connectivity index (χ3n) is 0.838. The van der Waals surface area contributed by atoms with E-state index in [1.807, 2.05) is 0 Å². The first-order valence-corrected chi connectivity index (χ1v) is 2.91. The summed E-state index contributed by atoms with van der Waals surface area (Å²) in [5.41, 5.74) is 0.271. The van der Waals surface area contributed by atoms with Gasteiger partial charge in [0.2, 0.25) is 6.29 Å². The Hall–Kier alpha value is -0.830. The molecule has 0 aromatic rings. The van der Waals surface area contributed by atoms with Crippen LogP contribution in [0.5, 0.6) is 0 Å². The first-order chi connectivity index (χ1) is 4.57. The minimum Gasteiger partial charge on any atom is -0.433 e. The van der Waals surface area contributed by atoms with Crippen molar-refractivity contribution in [2.45, 2.75) is 19.6 Å². The Kier molecular flexibility index (Phi) is 3.72. The Balaban J connectivity index is 3.68. The Bertz CT molecular complexity index is 140. The van der Waals surface area contributed by atoms with Gasteiger partial charge in [0.05, 0.1) is 0 Å². The summed E-state index contributed by atoms with van der Waals surface area (Å²) in [7, 11) is 0. The first-order valence-electron chi connectivity index (χ1n) is 2.91. The molecule has 0 aromatic heterocycles. The highest BCUT2D eigenvalue weighted by Crippen LogP contribution is 1.98. The molecule has 0 aliphatic heterocycles. The van der Waals surface area contributed by atoms with Crippen LogP contribution < -0.4 is 0 Å². The number of rotatable bonds is 3. The molecule has 1 unspecified atom stereocenters. The second kappa shape index (κ2) is 4.06. The van der Waals surface area contributed by atoms with Crippen molar-refractivity contribution in [1.29, 1.82) is 0 Å². The fourth-order valence-corrected chi connectivity index (χ4v) is 0.283. The zero-order valence-corrected chi connectivity index (χ0v) is 5.96. The van der Waals surface area contributed by atoms with E-state index < -0.39 is 12.3 Å². The monoisotopic (exact) mass is 143 g/mol. The van der Waals surface area contributed by atoms with Crippen LogP contribution in [0.1, 0.15) is 13.3 Å². The van der Waals surface area contributed by atoms with Gasteiger partial charge in [-0.2, -0.15) is 0 Å². The molecule has 10 heavy (non-hydrogen) atoms. The molecule has 0 saturated carbocycles. The third-order valence-corrected chi connectivity index (χ3v) is 0.838. The molecule has 0 saturated heterocycles. The summed E-state index contributed by atoms with van der Waals surface area (Å²) in [6, 6.07) is 0. The molecule has 0 aromatic carbocycles. The van der Waals surface area contributed by atoms with E-state index in [0.717, 1.165) is 0 Å². The summed E-state index contributed by atoms with van der Waals surface area (Å²) in [5.74, 6) is -0.587. The molecule has 0 fully saturated rings. The molecular weight excluding hydrogens is 132 g/mol. The van der Waals surface area contributed by atoms with Gasteiger partial charge in [-0.25, -0.2) is 4.79 Å². The Morgan fingerprint density at radius 2 is 2.30 bits per heavy atom. The van der Waals surface area contributed by atoms with Gasteiger partial charge < -0.3 is 9.84 Å². The van der Waals surface area contributed by atoms with Gasteiger partial charge in [-0.15, -0.1) is 0 Å². The van der Waals surface area contributed by atoms with Crippen molar-refractivity contribution in [2.24, 2.45) is 0 Å². The number of aliphatic hydroxyl groups excluding tert-OH is 1. The van der Waals surface area contributed by atoms with Gasteiger partial charge in [-0.1, -0.05) is 6.58 Å². The van der Waals surface area contributed by atoms with Crippen LogP contribution in [-0.2, 0) is 9.53 Å². The molecule has 0 bridgehead atoms. The maximum absolute atomic E-state index is 10.6. The van der Waals surface area contributed by atoms with Gasteiger partial charge in [0, 0.05) is 12.0 Å². The second-order valence-corrected chi connectivity index (χ2v) is 1.93. The standard InChI is InChI=1S/C7H11O3/c1-4-6(8)10-7(9)5(2)3/h6,8H,1-2,4H2,3H3. The Labute approximate surface area is 60.3 Å². The lowest BCUT2D eigenvalue weighted by atomic mass is 10.3. The van der Waals surface area contributed by atoms with Crippen molar-refractivity contribution >= 4 is 5.97 Å². The predicted octanol–water partition coefficient (Wildman–Crippen LogP) is 0.648. The van der Waals surface area contributed by atoms with Gasteiger partial charge >= 0.3 is 5.97 Å². The number of hydrogen-bond donors (Lipinski definition) is 1. The summed E-state index contributed by atoms with van der Waals surface area (Å²) in [4.78, 5) is 10.6. The molecule has 3 heteroatoms. The maximum atomic E-state index is 10.6. The average Bonchev–Trinajstić information content (AvgIpc) is 1.87. The van der Waals surface area contributed by atoms with Crippen LogP contribution in [0, 0.1) is 6.92 Å². The highest BCUT2D eigenvalue weighted by atomic mass is 16.6. The molecular formula is C7H11O3. The van der Waals surface area contributed by atoms with Crippen LogP contribution >= 0.6 is 0 Å². The molecule has 1 radical (unpaired) electrons. The van der Waals surface area contributed by atoms with E-state index >= 15 is 0 Å². The minimum atomic E-state index is -1.11. The van der Waals surface area contributed by atoms with E-state index in [1.54, 1.807) is 0 Å². The summed E-state index contributed by atoms with van der Waals surface area (Å²) in [6.07, 6.45) is -0.955. The molecule has 57 valence electrons. The highest BCUT2D eigenvalue weighted by Gasteiger charge is 2.08. The highest BCUT2D eigenvalue weighted by molar-refractivity contribution is 5.86. The van der Waals surface area contributed by atoms with E-state index in [1.165, 1.54) is 6.92 Å². The maximum Gasteiger partial charge on any atom is 0.335 e. The van der Waals surface area contributed by atoms with E-state index in [-0.39, 0.29) is 12.0 Å². The number of carbonyl (C=O) groups excluding carboxylic acids is 1. The summed E-state index contributed by atoms with van der Waals surface area (Å²) in [5, 5.41) is 8.73. The zero-order chi connectivity index (χ0) is 8.15. The van der Waals surface area contributed by atoms with Crippen LogP contribution in [0.2, 0.25) is 0 Å². The number of aliphatic hydroxyl groups is 1. The van der Waals surface area contributed by atoms with Crippen molar-refractivity contribution in [3.05, 3.63) is 19.1 Å². The first kappa shape index (κ1) is 9.17. The Morgan fingerprint density at radius 3 is 2.60 bits per heavy atom. The van der Waals surface area contributed by atoms with E-state index in [4.69, 9.17) is 5.11 Å². The van der Waals surface area contributed by atoms with Crippen molar-refractivity contribution in [1.82, 2.24) is 0 Å². The van der Waals surface area contributed by atoms with Crippen LogP contribution in [-0.4, -0.2) is 17.4 Å². The number of esters is 1. The molecule has 0 heterocycles. The van der Waals surface area contributed by atoms with Crippen molar-refractivity contribution < 1.29 is 14.6 Å². The van der Waals surface area contributed by atoms with Crippen LogP contribution in [0.3, 0.4) is 0 Å². The molecule has 0 aliphatic carbocycles. The quantitative estimate of drug-likeness (QED) is 0.358. The third kappa shape index (κ3) is 3.25. The summed E-state index contributed by atoms with van der Waals surface area (Å²) < 4.78 is 4.42. The smallest absolute Gasteiger partial charge is 0.335 e. The molecule has 0 aliphatic rings. The largest absolute Gasteiger partial charge is 0.433 e. The lowest BCUT2D eigenvalue weighted by Gasteiger charge is -2.08.